The van der Waals surface area contributed by atoms with Gasteiger partial charge < -0.3 is 36.0 Å². The summed E-state index contributed by atoms with van der Waals surface area (Å²) >= 11 is 0. The summed E-state index contributed by atoms with van der Waals surface area (Å²) in [6.07, 6.45) is -0.924. The zero-order valence-electron chi connectivity index (χ0n) is 25.3. The summed E-state index contributed by atoms with van der Waals surface area (Å²) in [6, 6.07) is 26.4. The number of carboxylic acid groups (broad SMARTS) is 1. The molecule has 47 heavy (non-hydrogen) atoms. The predicted molar refractivity (Wildman–Crippen MR) is 173 cm³/mol. The van der Waals surface area contributed by atoms with Gasteiger partial charge in [0.05, 0.1) is 6.61 Å². The van der Waals surface area contributed by atoms with Gasteiger partial charge in [0.1, 0.15) is 30.5 Å². The fourth-order valence-corrected chi connectivity index (χ4v) is 5.65. The highest BCUT2D eigenvalue weighted by Gasteiger charge is 2.32. The first kappa shape index (κ1) is 32.7. The Bertz CT molecular complexity index is 1680. The molecular formula is C36H35N3O8. The molecule has 11 heteroatoms. The number of alkyl carbamates (subject to hydrolysis) is 1. The van der Waals surface area contributed by atoms with Crippen molar-refractivity contribution in [2.75, 3.05) is 13.2 Å². The maximum Gasteiger partial charge on any atom is 0.407 e. The number of carboxylic acids is 1. The SMILES string of the molecule is O=C(N[C@@H](Cc1ccc(O)cc1)C(=O)N[C@@H](CO)C(=O)N[C@@H](Cc1ccccc1)C(=O)O)OCC1c2ccccc2-c2ccccc21. The molecule has 3 amide bonds. The van der Waals surface area contributed by atoms with E-state index in [-0.39, 0.29) is 31.1 Å². The minimum Gasteiger partial charge on any atom is -0.508 e. The number of aromatic hydroxyl groups is 1. The van der Waals surface area contributed by atoms with Crippen molar-refractivity contribution < 1.29 is 39.2 Å². The zero-order chi connectivity index (χ0) is 33.3. The third kappa shape index (κ3) is 8.13. The Morgan fingerprint density at radius 1 is 0.638 bits per heavy atom. The van der Waals surface area contributed by atoms with E-state index in [1.165, 1.54) is 12.1 Å². The lowest BCUT2D eigenvalue weighted by atomic mass is 9.98. The average Bonchev–Trinajstić information content (AvgIpc) is 3.40. The molecule has 1 aliphatic carbocycles. The summed E-state index contributed by atoms with van der Waals surface area (Å²) in [6.45, 7) is -0.820. The van der Waals surface area contributed by atoms with E-state index in [1.54, 1.807) is 42.5 Å². The Morgan fingerprint density at radius 3 is 1.74 bits per heavy atom. The van der Waals surface area contributed by atoms with Crippen LogP contribution in [-0.4, -0.2) is 70.5 Å². The Labute approximate surface area is 271 Å². The van der Waals surface area contributed by atoms with E-state index in [0.717, 1.165) is 22.3 Å². The van der Waals surface area contributed by atoms with Crippen molar-refractivity contribution in [1.82, 2.24) is 16.0 Å². The second-order valence-electron chi connectivity index (χ2n) is 11.2. The fraction of sp³-hybridized carbons (Fsp3) is 0.222. The summed E-state index contributed by atoms with van der Waals surface area (Å²) in [5.74, 6) is -3.20. The molecule has 0 saturated heterocycles. The van der Waals surface area contributed by atoms with E-state index in [4.69, 9.17) is 4.74 Å². The standard InChI is InChI=1S/C36H35N3O8/c40-20-32(34(43)37-31(35(44)45)19-22-8-2-1-3-9-22)38-33(42)30(18-23-14-16-24(41)17-15-23)39-36(46)47-21-29-27-12-6-4-10-25(27)26-11-5-7-13-28(26)29/h1-17,29-32,40-41H,18-21H2,(H,37,43)(H,38,42)(H,39,46)(H,44,45)/t30-,31-,32-/m0/s1. The topological polar surface area (TPSA) is 174 Å². The van der Waals surface area contributed by atoms with E-state index < -0.39 is 48.6 Å². The predicted octanol–water partition coefficient (Wildman–Crippen LogP) is 3.13. The number of aliphatic hydroxyl groups is 1. The number of hydrogen-bond acceptors (Lipinski definition) is 7. The molecular weight excluding hydrogens is 602 g/mol. The molecule has 0 heterocycles. The molecule has 0 aliphatic heterocycles. The monoisotopic (exact) mass is 637 g/mol. The normalized spacial score (nSPS) is 13.7. The highest BCUT2D eigenvalue weighted by molar-refractivity contribution is 5.93. The van der Waals surface area contributed by atoms with Crippen molar-refractivity contribution in [3.8, 4) is 16.9 Å². The highest BCUT2D eigenvalue weighted by atomic mass is 16.5. The van der Waals surface area contributed by atoms with Crippen LogP contribution in [0.3, 0.4) is 0 Å². The van der Waals surface area contributed by atoms with Gasteiger partial charge in [-0.2, -0.15) is 0 Å². The molecule has 6 N–H and O–H groups in total. The maximum atomic E-state index is 13.5. The molecule has 0 unspecified atom stereocenters. The van der Waals surface area contributed by atoms with Crippen molar-refractivity contribution in [1.29, 1.82) is 0 Å². The molecule has 4 aromatic rings. The van der Waals surface area contributed by atoms with Gasteiger partial charge in [-0.15, -0.1) is 0 Å². The van der Waals surface area contributed by atoms with Crippen molar-refractivity contribution in [2.24, 2.45) is 0 Å². The van der Waals surface area contributed by atoms with Crippen molar-refractivity contribution >= 4 is 23.9 Å². The quantitative estimate of drug-likeness (QED) is 0.130. The Balaban J connectivity index is 1.26. The van der Waals surface area contributed by atoms with Gasteiger partial charge in [-0.1, -0.05) is 91.0 Å². The largest absolute Gasteiger partial charge is 0.508 e. The maximum absolute atomic E-state index is 13.5. The molecule has 11 nitrogen and oxygen atoms in total. The van der Waals surface area contributed by atoms with Gasteiger partial charge in [0.25, 0.3) is 0 Å². The van der Waals surface area contributed by atoms with Crippen LogP contribution in [0.15, 0.2) is 103 Å². The number of benzene rings is 4. The molecule has 1 aliphatic rings. The molecule has 0 aromatic heterocycles. The number of aliphatic carboxylic acids is 1. The van der Waals surface area contributed by atoms with Gasteiger partial charge in [0.15, 0.2) is 0 Å². The first-order chi connectivity index (χ1) is 22.7. The van der Waals surface area contributed by atoms with Crippen LogP contribution in [0, 0.1) is 0 Å². The van der Waals surface area contributed by atoms with Crippen LogP contribution in [0.4, 0.5) is 4.79 Å². The lowest BCUT2D eigenvalue weighted by Crippen LogP contribution is -2.57. The second kappa shape index (κ2) is 15.1. The number of hydrogen-bond donors (Lipinski definition) is 6. The average molecular weight is 638 g/mol. The van der Waals surface area contributed by atoms with Gasteiger partial charge in [-0.25, -0.2) is 9.59 Å². The number of carbonyl (C=O) groups is 4. The first-order valence-electron chi connectivity index (χ1n) is 15.1. The third-order valence-corrected chi connectivity index (χ3v) is 8.04. The number of aliphatic hydroxyl groups excluding tert-OH is 1. The van der Waals surface area contributed by atoms with Crippen LogP contribution in [-0.2, 0) is 32.0 Å². The third-order valence-electron chi connectivity index (χ3n) is 8.04. The van der Waals surface area contributed by atoms with Gasteiger partial charge >= 0.3 is 12.1 Å². The number of rotatable bonds is 13. The van der Waals surface area contributed by atoms with E-state index in [2.05, 4.69) is 16.0 Å². The second-order valence-corrected chi connectivity index (χ2v) is 11.2. The van der Waals surface area contributed by atoms with Crippen LogP contribution in [0.25, 0.3) is 11.1 Å². The van der Waals surface area contributed by atoms with Crippen LogP contribution in [0.5, 0.6) is 5.75 Å². The number of ether oxygens (including phenoxy) is 1. The van der Waals surface area contributed by atoms with Crippen LogP contribution in [0.2, 0.25) is 0 Å². The molecule has 0 fully saturated rings. The minimum absolute atomic E-state index is 0.00701. The lowest BCUT2D eigenvalue weighted by molar-refractivity contribution is -0.142. The molecule has 0 bridgehead atoms. The van der Waals surface area contributed by atoms with Crippen molar-refractivity contribution in [3.05, 3.63) is 125 Å². The molecule has 0 spiro atoms. The summed E-state index contributed by atoms with van der Waals surface area (Å²) in [7, 11) is 0. The number of nitrogens with one attached hydrogen (secondary N) is 3. The van der Waals surface area contributed by atoms with Gasteiger partial charge in [0, 0.05) is 18.8 Å². The van der Waals surface area contributed by atoms with E-state index in [9.17, 15) is 34.5 Å². The van der Waals surface area contributed by atoms with Crippen molar-refractivity contribution in [2.45, 2.75) is 36.9 Å². The highest BCUT2D eigenvalue weighted by Crippen LogP contribution is 2.44. The van der Waals surface area contributed by atoms with Gasteiger partial charge in [-0.3, -0.25) is 9.59 Å². The summed E-state index contributed by atoms with van der Waals surface area (Å²) in [5, 5.41) is 36.7. The molecule has 3 atom stereocenters. The lowest BCUT2D eigenvalue weighted by Gasteiger charge is -2.24. The number of fused-ring (bicyclic) bond motifs is 3. The Hall–Kier alpha value is -5.68. The number of phenolic OH excluding ortho intramolecular Hbond substituents is 1. The fourth-order valence-electron chi connectivity index (χ4n) is 5.65. The van der Waals surface area contributed by atoms with Crippen LogP contribution < -0.4 is 16.0 Å². The zero-order valence-corrected chi connectivity index (χ0v) is 25.3. The number of phenols is 1. The van der Waals surface area contributed by atoms with Gasteiger partial charge in [0.2, 0.25) is 11.8 Å². The molecule has 242 valence electrons. The van der Waals surface area contributed by atoms with Crippen LogP contribution in [0.1, 0.15) is 28.2 Å². The van der Waals surface area contributed by atoms with E-state index in [0.29, 0.717) is 11.1 Å². The minimum atomic E-state index is -1.51. The molecule has 5 rings (SSSR count). The number of carbonyl (C=O) groups excluding carboxylic acids is 3. The summed E-state index contributed by atoms with van der Waals surface area (Å²) in [5.41, 5.74) is 5.41. The van der Waals surface area contributed by atoms with E-state index >= 15 is 0 Å². The van der Waals surface area contributed by atoms with E-state index in [1.807, 2.05) is 48.5 Å². The first-order valence-corrected chi connectivity index (χ1v) is 15.1. The smallest absolute Gasteiger partial charge is 0.407 e. The van der Waals surface area contributed by atoms with Crippen molar-refractivity contribution in [3.63, 3.8) is 0 Å². The summed E-state index contributed by atoms with van der Waals surface area (Å²) < 4.78 is 5.63. The molecule has 0 radical (unpaired) electrons. The number of amides is 3. The molecule has 0 saturated carbocycles. The Kier molecular flexibility index (Phi) is 10.5. The molecule has 4 aromatic carbocycles. The van der Waals surface area contributed by atoms with Crippen LogP contribution >= 0.6 is 0 Å². The summed E-state index contributed by atoms with van der Waals surface area (Å²) in [4.78, 5) is 51.5. The van der Waals surface area contributed by atoms with Gasteiger partial charge in [-0.05, 0) is 45.5 Å². The Morgan fingerprint density at radius 2 is 1.15 bits per heavy atom.